The molecule has 0 spiro atoms. The largest absolute Gasteiger partial charge is 0.390 e. The van der Waals surface area contributed by atoms with E-state index in [0.717, 1.165) is 25.9 Å². The Bertz CT molecular complexity index is 823. The van der Waals surface area contributed by atoms with Crippen LogP contribution in [0.1, 0.15) is 29.6 Å². The number of amides is 1. The molecule has 1 N–H and O–H groups in total. The van der Waals surface area contributed by atoms with Gasteiger partial charge in [0.1, 0.15) is 5.82 Å². The minimum absolute atomic E-state index is 0.00933. The number of benzene rings is 1. The SMILES string of the molecule is O=C(c1cccc(-c2ccncc2F)c1)N1CC(O)C(N2CCCCC2)C1. The molecule has 1 aromatic heterocycles. The van der Waals surface area contributed by atoms with Crippen LogP contribution in [0.2, 0.25) is 0 Å². The standard InChI is InChI=1S/C21H24FN3O2/c22-18-12-23-8-7-17(18)15-5-4-6-16(11-15)21(27)25-13-19(20(26)14-25)24-9-2-1-3-10-24/h4-8,11-12,19-20,26H,1-3,9-10,13-14H2. The van der Waals surface area contributed by atoms with E-state index in [0.29, 0.717) is 29.8 Å². The maximum atomic E-state index is 14.0. The van der Waals surface area contributed by atoms with Crippen molar-refractivity contribution in [3.8, 4) is 11.1 Å². The third-order valence-corrected chi connectivity index (χ3v) is 5.60. The third-order valence-electron chi connectivity index (χ3n) is 5.60. The van der Waals surface area contributed by atoms with Gasteiger partial charge in [-0.15, -0.1) is 0 Å². The molecular formula is C21H24FN3O2. The highest BCUT2D eigenvalue weighted by atomic mass is 19.1. The molecule has 6 heteroatoms. The lowest BCUT2D eigenvalue weighted by Crippen LogP contribution is -2.46. The summed E-state index contributed by atoms with van der Waals surface area (Å²) in [7, 11) is 0. The Morgan fingerprint density at radius 3 is 2.74 bits per heavy atom. The molecule has 2 unspecified atom stereocenters. The summed E-state index contributed by atoms with van der Waals surface area (Å²) in [6, 6.07) is 8.61. The minimum atomic E-state index is -0.520. The molecule has 5 nitrogen and oxygen atoms in total. The van der Waals surface area contributed by atoms with Crippen molar-refractivity contribution in [2.24, 2.45) is 0 Å². The molecule has 2 saturated heterocycles. The lowest BCUT2D eigenvalue weighted by molar-refractivity contribution is 0.0702. The molecule has 0 saturated carbocycles. The van der Waals surface area contributed by atoms with E-state index in [1.54, 1.807) is 35.2 Å². The van der Waals surface area contributed by atoms with E-state index in [4.69, 9.17) is 0 Å². The molecule has 142 valence electrons. The summed E-state index contributed by atoms with van der Waals surface area (Å²) in [5.41, 5.74) is 1.58. The highest BCUT2D eigenvalue weighted by molar-refractivity contribution is 5.95. The number of likely N-dealkylation sites (tertiary alicyclic amines) is 2. The van der Waals surface area contributed by atoms with Crippen LogP contribution in [-0.2, 0) is 0 Å². The molecular weight excluding hydrogens is 345 g/mol. The predicted octanol–water partition coefficient (Wildman–Crippen LogP) is 2.56. The molecule has 0 radical (unpaired) electrons. The first-order chi connectivity index (χ1) is 13.1. The molecule has 2 aromatic rings. The fourth-order valence-corrected chi connectivity index (χ4v) is 4.16. The first-order valence-corrected chi connectivity index (χ1v) is 9.55. The number of carbonyl (C=O) groups is 1. The first kappa shape index (κ1) is 18.1. The van der Waals surface area contributed by atoms with E-state index in [2.05, 4.69) is 9.88 Å². The van der Waals surface area contributed by atoms with Gasteiger partial charge in [-0.25, -0.2) is 4.39 Å². The summed E-state index contributed by atoms with van der Waals surface area (Å²) < 4.78 is 14.0. The number of aliphatic hydroxyl groups is 1. The molecule has 2 aliphatic heterocycles. The van der Waals surface area contributed by atoms with Crippen LogP contribution < -0.4 is 0 Å². The van der Waals surface area contributed by atoms with E-state index >= 15 is 0 Å². The van der Waals surface area contributed by atoms with Crippen LogP contribution in [0, 0.1) is 5.82 Å². The van der Waals surface area contributed by atoms with Crippen LogP contribution in [0.4, 0.5) is 4.39 Å². The number of aliphatic hydroxyl groups excluding tert-OH is 1. The molecule has 2 fully saturated rings. The van der Waals surface area contributed by atoms with Gasteiger partial charge in [0.15, 0.2) is 0 Å². The van der Waals surface area contributed by atoms with Gasteiger partial charge in [0.05, 0.1) is 18.3 Å². The number of hydrogen-bond acceptors (Lipinski definition) is 4. The van der Waals surface area contributed by atoms with Crippen molar-refractivity contribution < 1.29 is 14.3 Å². The number of pyridine rings is 1. The first-order valence-electron chi connectivity index (χ1n) is 9.55. The molecule has 0 bridgehead atoms. The third kappa shape index (κ3) is 3.73. The van der Waals surface area contributed by atoms with E-state index in [1.165, 1.54) is 18.8 Å². The Hall–Kier alpha value is -2.31. The zero-order valence-electron chi connectivity index (χ0n) is 15.2. The summed E-state index contributed by atoms with van der Waals surface area (Å²) in [5, 5.41) is 10.5. The zero-order valence-corrected chi connectivity index (χ0v) is 15.2. The van der Waals surface area contributed by atoms with Crippen LogP contribution in [0.3, 0.4) is 0 Å². The average molecular weight is 369 g/mol. The molecule has 27 heavy (non-hydrogen) atoms. The van der Waals surface area contributed by atoms with Crippen LogP contribution in [0.15, 0.2) is 42.7 Å². The van der Waals surface area contributed by atoms with Gasteiger partial charge in [-0.2, -0.15) is 0 Å². The average Bonchev–Trinajstić information content (AvgIpc) is 3.10. The van der Waals surface area contributed by atoms with Gasteiger partial charge in [0.2, 0.25) is 0 Å². The number of piperidine rings is 1. The van der Waals surface area contributed by atoms with E-state index in [1.807, 2.05) is 0 Å². The quantitative estimate of drug-likeness (QED) is 0.904. The molecule has 2 atom stereocenters. The number of nitrogens with zero attached hydrogens (tertiary/aromatic N) is 3. The van der Waals surface area contributed by atoms with Crippen LogP contribution >= 0.6 is 0 Å². The summed E-state index contributed by atoms with van der Waals surface area (Å²) in [4.78, 5) is 20.8. The predicted molar refractivity (Wildman–Crippen MR) is 101 cm³/mol. The highest BCUT2D eigenvalue weighted by Crippen LogP contribution is 2.25. The van der Waals surface area contributed by atoms with Crippen molar-refractivity contribution in [1.82, 2.24) is 14.8 Å². The molecule has 3 heterocycles. The molecule has 2 aliphatic rings. The molecule has 4 rings (SSSR count). The monoisotopic (exact) mass is 369 g/mol. The fourth-order valence-electron chi connectivity index (χ4n) is 4.16. The second kappa shape index (κ2) is 7.74. The van der Waals surface area contributed by atoms with E-state index in [9.17, 15) is 14.3 Å². The number of carbonyl (C=O) groups excluding carboxylic acids is 1. The Morgan fingerprint density at radius 2 is 1.96 bits per heavy atom. The van der Waals surface area contributed by atoms with Gasteiger partial charge < -0.3 is 10.0 Å². The van der Waals surface area contributed by atoms with E-state index in [-0.39, 0.29) is 11.9 Å². The number of halogens is 1. The van der Waals surface area contributed by atoms with Gasteiger partial charge in [-0.1, -0.05) is 18.6 Å². The molecule has 1 aromatic carbocycles. The van der Waals surface area contributed by atoms with Crippen LogP contribution in [0.25, 0.3) is 11.1 Å². The zero-order chi connectivity index (χ0) is 18.8. The van der Waals surface area contributed by atoms with Crippen molar-refractivity contribution in [1.29, 1.82) is 0 Å². The highest BCUT2D eigenvalue weighted by Gasteiger charge is 2.38. The fraction of sp³-hybridized carbons (Fsp3) is 0.429. The summed E-state index contributed by atoms with van der Waals surface area (Å²) in [6.45, 7) is 2.85. The Labute approximate surface area is 158 Å². The molecule has 0 aliphatic carbocycles. The van der Waals surface area contributed by atoms with E-state index < -0.39 is 11.9 Å². The number of β-amino-alcohol motifs (C(OH)–C–C–N with tert-alkyl or cyclic N) is 1. The van der Waals surface area contributed by atoms with Crippen molar-refractivity contribution in [2.75, 3.05) is 26.2 Å². The van der Waals surface area contributed by atoms with Crippen molar-refractivity contribution in [3.63, 3.8) is 0 Å². The Morgan fingerprint density at radius 1 is 1.15 bits per heavy atom. The lowest BCUT2D eigenvalue weighted by atomic mass is 10.0. The number of hydrogen-bond donors (Lipinski definition) is 1. The maximum Gasteiger partial charge on any atom is 0.254 e. The van der Waals surface area contributed by atoms with Crippen molar-refractivity contribution >= 4 is 5.91 Å². The van der Waals surface area contributed by atoms with Crippen molar-refractivity contribution in [3.05, 3.63) is 54.1 Å². The summed E-state index contributed by atoms with van der Waals surface area (Å²) >= 11 is 0. The van der Waals surface area contributed by atoms with Crippen molar-refractivity contribution in [2.45, 2.75) is 31.4 Å². The van der Waals surface area contributed by atoms with Gasteiger partial charge in [0.25, 0.3) is 5.91 Å². The Kier molecular flexibility index (Phi) is 5.18. The minimum Gasteiger partial charge on any atom is -0.390 e. The van der Waals surface area contributed by atoms with Crippen LogP contribution in [-0.4, -0.2) is 64.1 Å². The topological polar surface area (TPSA) is 56.7 Å². The maximum absolute atomic E-state index is 14.0. The normalized spacial score (nSPS) is 23.6. The van der Waals surface area contributed by atoms with Gasteiger partial charge >= 0.3 is 0 Å². The van der Waals surface area contributed by atoms with Crippen LogP contribution in [0.5, 0.6) is 0 Å². The number of rotatable bonds is 3. The van der Waals surface area contributed by atoms with Gasteiger partial charge in [-0.3, -0.25) is 14.7 Å². The summed E-state index contributed by atoms with van der Waals surface area (Å²) in [5.74, 6) is -0.534. The second-order valence-electron chi connectivity index (χ2n) is 7.38. The second-order valence-corrected chi connectivity index (χ2v) is 7.38. The molecule has 1 amide bonds. The lowest BCUT2D eigenvalue weighted by Gasteiger charge is -2.33. The van der Waals surface area contributed by atoms with Gasteiger partial charge in [0, 0.05) is 30.4 Å². The smallest absolute Gasteiger partial charge is 0.254 e. The number of aromatic nitrogens is 1. The Balaban J connectivity index is 1.52. The summed E-state index contributed by atoms with van der Waals surface area (Å²) in [6.07, 6.45) is 5.72. The van der Waals surface area contributed by atoms with Gasteiger partial charge in [-0.05, 0) is 49.7 Å².